The van der Waals surface area contributed by atoms with Crippen LogP contribution in [0.4, 0.5) is 11.5 Å². The molecule has 1 aromatic heterocycles. The van der Waals surface area contributed by atoms with Gasteiger partial charge in [0.1, 0.15) is 5.82 Å². The van der Waals surface area contributed by atoms with Gasteiger partial charge in [0.2, 0.25) is 0 Å². The van der Waals surface area contributed by atoms with Crippen LogP contribution in [0.15, 0.2) is 30.5 Å². The molecule has 2 aromatic rings. The Morgan fingerprint density at radius 1 is 1.12 bits per heavy atom. The number of likely N-dealkylation sites (tertiary alicyclic amines) is 1. The van der Waals surface area contributed by atoms with Crippen molar-refractivity contribution in [2.75, 3.05) is 50.1 Å². The number of piperidine rings is 1. The smallest absolute Gasteiger partial charge is 0.136 e. The van der Waals surface area contributed by atoms with Gasteiger partial charge in [0.05, 0.1) is 0 Å². The van der Waals surface area contributed by atoms with Gasteiger partial charge in [-0.15, -0.1) is 0 Å². The molecular formula is C20H30N4. The van der Waals surface area contributed by atoms with Crippen molar-refractivity contribution in [3.05, 3.63) is 30.5 Å². The van der Waals surface area contributed by atoms with Gasteiger partial charge in [0, 0.05) is 43.4 Å². The van der Waals surface area contributed by atoms with Gasteiger partial charge in [-0.2, -0.15) is 0 Å². The van der Waals surface area contributed by atoms with Crippen LogP contribution in [0.1, 0.15) is 26.7 Å². The maximum Gasteiger partial charge on any atom is 0.136 e. The van der Waals surface area contributed by atoms with Crippen molar-refractivity contribution in [2.24, 2.45) is 0 Å². The third-order valence-corrected chi connectivity index (χ3v) is 5.43. The quantitative estimate of drug-likeness (QED) is 0.837. The summed E-state index contributed by atoms with van der Waals surface area (Å²) in [5.74, 6) is 1.12. The molecule has 0 saturated carbocycles. The minimum Gasteiger partial charge on any atom is -0.372 e. The van der Waals surface area contributed by atoms with Gasteiger partial charge in [-0.05, 0) is 76.5 Å². The summed E-state index contributed by atoms with van der Waals surface area (Å²) in [7, 11) is 4.41. The highest BCUT2D eigenvalue weighted by Gasteiger charge is 2.22. The van der Waals surface area contributed by atoms with E-state index in [4.69, 9.17) is 4.98 Å². The summed E-state index contributed by atoms with van der Waals surface area (Å²) in [6, 6.07) is 9.51. The van der Waals surface area contributed by atoms with Crippen molar-refractivity contribution >= 4 is 22.3 Å². The van der Waals surface area contributed by atoms with E-state index in [1.165, 1.54) is 42.4 Å². The highest BCUT2D eigenvalue weighted by molar-refractivity contribution is 5.94. The lowest BCUT2D eigenvalue weighted by molar-refractivity contribution is 0.252. The summed E-state index contributed by atoms with van der Waals surface area (Å²) in [5, 5.41) is 2.54. The molecule has 1 aliphatic heterocycles. The van der Waals surface area contributed by atoms with Crippen LogP contribution in [0, 0.1) is 0 Å². The molecule has 24 heavy (non-hydrogen) atoms. The molecule has 0 aliphatic carbocycles. The molecule has 0 bridgehead atoms. The second-order valence-electron chi connectivity index (χ2n) is 6.86. The Morgan fingerprint density at radius 3 is 2.50 bits per heavy atom. The molecule has 0 atom stereocenters. The van der Waals surface area contributed by atoms with Crippen LogP contribution in [0.5, 0.6) is 0 Å². The van der Waals surface area contributed by atoms with Crippen LogP contribution in [0.3, 0.4) is 0 Å². The molecule has 4 heteroatoms. The van der Waals surface area contributed by atoms with Crippen molar-refractivity contribution in [3.8, 4) is 0 Å². The summed E-state index contributed by atoms with van der Waals surface area (Å²) in [6.07, 6.45) is 4.38. The minimum absolute atomic E-state index is 0.585. The average Bonchev–Trinajstić information content (AvgIpc) is 2.62. The summed E-state index contributed by atoms with van der Waals surface area (Å²) in [5.41, 5.74) is 1.30. The molecule has 0 radical (unpaired) electrons. The molecule has 3 rings (SSSR count). The van der Waals surface area contributed by atoms with E-state index in [9.17, 15) is 0 Å². The third kappa shape index (κ3) is 3.34. The van der Waals surface area contributed by atoms with Crippen molar-refractivity contribution in [3.63, 3.8) is 0 Å². The monoisotopic (exact) mass is 326 g/mol. The van der Waals surface area contributed by atoms with Gasteiger partial charge in [-0.1, -0.05) is 0 Å². The van der Waals surface area contributed by atoms with Crippen LogP contribution < -0.4 is 9.80 Å². The Balaban J connectivity index is 1.91. The standard InChI is InChI=1S/C20H30N4/c1-5-24(6-2)18-7-8-19-16(15-18)9-12-21-20(19)23(4)17-10-13-22(3)14-11-17/h7-9,12,15,17H,5-6,10-11,13-14H2,1-4H3. The number of hydrogen-bond donors (Lipinski definition) is 0. The van der Waals surface area contributed by atoms with E-state index in [1.807, 2.05) is 6.20 Å². The highest BCUT2D eigenvalue weighted by atomic mass is 15.2. The number of anilines is 2. The van der Waals surface area contributed by atoms with E-state index in [-0.39, 0.29) is 0 Å². The number of nitrogens with zero attached hydrogens (tertiary/aromatic N) is 4. The van der Waals surface area contributed by atoms with E-state index >= 15 is 0 Å². The summed E-state index contributed by atoms with van der Waals surface area (Å²) in [6.45, 7) is 8.84. The molecule has 1 aromatic carbocycles. The van der Waals surface area contributed by atoms with Gasteiger partial charge >= 0.3 is 0 Å². The van der Waals surface area contributed by atoms with Gasteiger partial charge in [-0.25, -0.2) is 4.98 Å². The highest BCUT2D eigenvalue weighted by Crippen LogP contribution is 2.30. The summed E-state index contributed by atoms with van der Waals surface area (Å²) < 4.78 is 0. The Morgan fingerprint density at radius 2 is 1.83 bits per heavy atom. The van der Waals surface area contributed by atoms with Crippen LogP contribution in [0.25, 0.3) is 10.8 Å². The Kier molecular flexibility index (Phi) is 5.24. The predicted octanol–water partition coefficient (Wildman–Crippen LogP) is 3.61. The second-order valence-corrected chi connectivity index (χ2v) is 6.86. The first kappa shape index (κ1) is 17.0. The molecule has 1 aliphatic rings. The third-order valence-electron chi connectivity index (χ3n) is 5.43. The maximum absolute atomic E-state index is 4.71. The maximum atomic E-state index is 4.71. The second kappa shape index (κ2) is 7.39. The molecule has 0 spiro atoms. The zero-order chi connectivity index (χ0) is 17.1. The first-order chi connectivity index (χ1) is 11.6. The SMILES string of the molecule is CCN(CC)c1ccc2c(N(C)C3CCN(C)CC3)nccc2c1. The number of pyridine rings is 1. The van der Waals surface area contributed by atoms with Crippen LogP contribution in [-0.4, -0.2) is 56.2 Å². The number of aromatic nitrogens is 1. The number of benzene rings is 1. The van der Waals surface area contributed by atoms with Gasteiger partial charge in [0.15, 0.2) is 0 Å². The molecule has 1 saturated heterocycles. The molecule has 0 N–H and O–H groups in total. The Hall–Kier alpha value is -1.81. The molecule has 0 amide bonds. The largest absolute Gasteiger partial charge is 0.372 e. The lowest BCUT2D eigenvalue weighted by atomic mass is 10.0. The molecule has 2 heterocycles. The Bertz CT molecular complexity index is 672. The zero-order valence-corrected chi connectivity index (χ0v) is 15.5. The zero-order valence-electron chi connectivity index (χ0n) is 15.5. The van der Waals surface area contributed by atoms with Gasteiger partial charge in [0.25, 0.3) is 0 Å². The fraction of sp³-hybridized carbons (Fsp3) is 0.550. The minimum atomic E-state index is 0.585. The summed E-state index contributed by atoms with van der Waals surface area (Å²) in [4.78, 5) is 11.9. The van der Waals surface area contributed by atoms with Crippen LogP contribution in [0.2, 0.25) is 0 Å². The van der Waals surface area contributed by atoms with Crippen molar-refractivity contribution < 1.29 is 0 Å². The topological polar surface area (TPSA) is 22.6 Å². The first-order valence-electron chi connectivity index (χ1n) is 9.19. The normalized spacial score (nSPS) is 16.5. The van der Waals surface area contributed by atoms with E-state index < -0.39 is 0 Å². The van der Waals surface area contributed by atoms with Gasteiger partial charge < -0.3 is 14.7 Å². The molecule has 0 unspecified atom stereocenters. The first-order valence-corrected chi connectivity index (χ1v) is 9.19. The number of fused-ring (bicyclic) bond motifs is 1. The average molecular weight is 326 g/mol. The fourth-order valence-electron chi connectivity index (χ4n) is 3.77. The van der Waals surface area contributed by atoms with Gasteiger partial charge in [-0.3, -0.25) is 0 Å². The molecule has 1 fully saturated rings. The van der Waals surface area contributed by atoms with E-state index in [1.54, 1.807) is 0 Å². The number of hydrogen-bond acceptors (Lipinski definition) is 4. The Labute approximate surface area is 146 Å². The lowest BCUT2D eigenvalue weighted by Gasteiger charge is -2.36. The molecule has 4 nitrogen and oxygen atoms in total. The van der Waals surface area contributed by atoms with Crippen molar-refractivity contribution in [1.29, 1.82) is 0 Å². The lowest BCUT2D eigenvalue weighted by Crippen LogP contribution is -2.42. The summed E-state index contributed by atoms with van der Waals surface area (Å²) >= 11 is 0. The van der Waals surface area contributed by atoms with E-state index in [2.05, 4.69) is 66.9 Å². The molecule has 130 valence electrons. The van der Waals surface area contributed by atoms with Crippen LogP contribution >= 0.6 is 0 Å². The predicted molar refractivity (Wildman–Crippen MR) is 104 cm³/mol. The van der Waals surface area contributed by atoms with Crippen LogP contribution in [-0.2, 0) is 0 Å². The van der Waals surface area contributed by atoms with E-state index in [0.29, 0.717) is 6.04 Å². The van der Waals surface area contributed by atoms with E-state index in [0.717, 1.165) is 18.9 Å². The van der Waals surface area contributed by atoms with Crippen molar-refractivity contribution in [2.45, 2.75) is 32.7 Å². The molecular weight excluding hydrogens is 296 g/mol. The fourth-order valence-corrected chi connectivity index (χ4v) is 3.77. The van der Waals surface area contributed by atoms with Crippen molar-refractivity contribution in [1.82, 2.24) is 9.88 Å². The number of rotatable bonds is 5.